The summed E-state index contributed by atoms with van der Waals surface area (Å²) >= 11 is 6.20. The molecule has 0 aromatic heterocycles. The predicted octanol–water partition coefficient (Wildman–Crippen LogP) is 3.01. The van der Waals surface area contributed by atoms with Crippen molar-refractivity contribution in [1.82, 2.24) is 4.90 Å². The minimum atomic E-state index is -0.437. The quantitative estimate of drug-likeness (QED) is 0.870. The first-order chi connectivity index (χ1) is 9.22. The number of hydrogen-bond acceptors (Lipinski definition) is 3. The van der Waals surface area contributed by atoms with Gasteiger partial charge in [-0.25, -0.2) is 0 Å². The van der Waals surface area contributed by atoms with E-state index in [1.54, 1.807) is 0 Å². The molecule has 3 nitrogen and oxygen atoms in total. The summed E-state index contributed by atoms with van der Waals surface area (Å²) in [4.78, 5) is 2.36. The van der Waals surface area contributed by atoms with E-state index in [9.17, 15) is 5.11 Å². The van der Waals surface area contributed by atoms with E-state index in [0.717, 1.165) is 37.1 Å². The van der Waals surface area contributed by atoms with Crippen molar-refractivity contribution in [1.29, 1.82) is 0 Å². The number of ether oxygens (including phenoxy) is 1. The molecule has 1 saturated heterocycles. The van der Waals surface area contributed by atoms with E-state index < -0.39 is 6.10 Å². The van der Waals surface area contributed by atoms with Gasteiger partial charge in [-0.2, -0.15) is 0 Å². The van der Waals surface area contributed by atoms with Crippen LogP contribution >= 0.6 is 11.6 Å². The number of likely N-dealkylation sites (tertiary alicyclic amines) is 1. The molecule has 1 N–H and O–H groups in total. The van der Waals surface area contributed by atoms with Gasteiger partial charge in [0.2, 0.25) is 0 Å². The fraction of sp³-hybridized carbons (Fsp3) is 0.600. The Balaban J connectivity index is 1.57. The highest BCUT2D eigenvalue weighted by Gasteiger charge is 2.24. The Bertz CT molecular complexity index is 444. The number of aliphatic hydroxyl groups excluding tert-OH is 1. The van der Waals surface area contributed by atoms with Gasteiger partial charge in [0.1, 0.15) is 5.75 Å². The van der Waals surface area contributed by atoms with Crippen LogP contribution in [0.5, 0.6) is 5.75 Å². The molecule has 1 aromatic rings. The summed E-state index contributed by atoms with van der Waals surface area (Å²) in [6.45, 7) is 3.29. The zero-order valence-electron chi connectivity index (χ0n) is 11.0. The van der Waals surface area contributed by atoms with Crippen molar-refractivity contribution in [2.24, 2.45) is 0 Å². The van der Waals surface area contributed by atoms with Crippen molar-refractivity contribution in [2.75, 3.05) is 19.6 Å². The molecule has 0 amide bonds. The van der Waals surface area contributed by atoms with Crippen LogP contribution in [0.2, 0.25) is 5.02 Å². The second-order valence-electron chi connectivity index (χ2n) is 5.51. The summed E-state index contributed by atoms with van der Waals surface area (Å²) in [5.41, 5.74) is 0.883. The number of rotatable bonds is 6. The second kappa shape index (κ2) is 5.70. The maximum absolute atomic E-state index is 10.2. The van der Waals surface area contributed by atoms with E-state index in [4.69, 9.17) is 16.3 Å². The van der Waals surface area contributed by atoms with E-state index >= 15 is 0 Å². The summed E-state index contributed by atoms with van der Waals surface area (Å²) in [5.74, 6) is 0.739. The van der Waals surface area contributed by atoms with Gasteiger partial charge in [0.05, 0.1) is 17.2 Å². The molecule has 1 atom stereocenters. The maximum atomic E-state index is 10.2. The Kier molecular flexibility index (Phi) is 3.96. The van der Waals surface area contributed by atoms with Crippen LogP contribution in [0, 0.1) is 0 Å². The van der Waals surface area contributed by atoms with Gasteiger partial charge in [0.25, 0.3) is 0 Å². The van der Waals surface area contributed by atoms with Crippen LogP contribution in [-0.4, -0.2) is 35.7 Å². The second-order valence-corrected chi connectivity index (χ2v) is 5.91. The third-order valence-corrected chi connectivity index (χ3v) is 4.12. The SMILES string of the molecule is O[C@@H](CCN1CCC1)c1ccc(OC2CC2)c(Cl)c1. The van der Waals surface area contributed by atoms with E-state index in [0.29, 0.717) is 11.1 Å². The number of hydrogen-bond donors (Lipinski definition) is 1. The van der Waals surface area contributed by atoms with Crippen molar-refractivity contribution >= 4 is 11.6 Å². The monoisotopic (exact) mass is 281 g/mol. The standard InChI is InChI=1S/C15H20ClNO2/c16-13-10-11(2-5-15(13)19-12-3-4-12)14(18)6-9-17-7-1-8-17/h2,5,10,12,14,18H,1,3-4,6-9H2/t14-/m0/s1. The summed E-state index contributed by atoms with van der Waals surface area (Å²) in [6.07, 6.45) is 4.20. The van der Waals surface area contributed by atoms with E-state index in [2.05, 4.69) is 4.90 Å². The summed E-state index contributed by atoms with van der Waals surface area (Å²) in [7, 11) is 0. The fourth-order valence-electron chi connectivity index (χ4n) is 2.26. The molecule has 1 aliphatic carbocycles. The molecule has 1 aromatic carbocycles. The lowest BCUT2D eigenvalue weighted by Gasteiger charge is -2.31. The van der Waals surface area contributed by atoms with Gasteiger partial charge < -0.3 is 14.7 Å². The van der Waals surface area contributed by atoms with Crippen LogP contribution in [0.15, 0.2) is 18.2 Å². The Morgan fingerprint density at radius 2 is 2.16 bits per heavy atom. The van der Waals surface area contributed by atoms with Gasteiger partial charge in [-0.1, -0.05) is 17.7 Å². The van der Waals surface area contributed by atoms with Crippen molar-refractivity contribution in [3.63, 3.8) is 0 Å². The summed E-state index contributed by atoms with van der Waals surface area (Å²) < 4.78 is 5.69. The van der Waals surface area contributed by atoms with Gasteiger partial charge in [-0.05, 0) is 56.5 Å². The summed E-state index contributed by atoms with van der Waals surface area (Å²) in [5, 5.41) is 10.8. The van der Waals surface area contributed by atoms with E-state index in [-0.39, 0.29) is 0 Å². The Hall–Kier alpha value is -0.770. The first-order valence-corrected chi connectivity index (χ1v) is 7.47. The normalized spacial score (nSPS) is 20.9. The Labute approximate surface area is 119 Å². The largest absolute Gasteiger partial charge is 0.489 e. The lowest BCUT2D eigenvalue weighted by atomic mass is 10.1. The van der Waals surface area contributed by atoms with Crippen LogP contribution in [0.3, 0.4) is 0 Å². The first-order valence-electron chi connectivity index (χ1n) is 7.09. The molecule has 1 saturated carbocycles. The Morgan fingerprint density at radius 1 is 1.37 bits per heavy atom. The average molecular weight is 282 g/mol. The number of benzene rings is 1. The van der Waals surface area contributed by atoms with Crippen LogP contribution in [-0.2, 0) is 0 Å². The highest BCUT2D eigenvalue weighted by Crippen LogP contribution is 2.34. The van der Waals surface area contributed by atoms with Gasteiger partial charge >= 0.3 is 0 Å². The lowest BCUT2D eigenvalue weighted by Crippen LogP contribution is -2.38. The van der Waals surface area contributed by atoms with Crippen molar-refractivity contribution < 1.29 is 9.84 Å². The maximum Gasteiger partial charge on any atom is 0.138 e. The topological polar surface area (TPSA) is 32.7 Å². The highest BCUT2D eigenvalue weighted by molar-refractivity contribution is 6.32. The average Bonchev–Trinajstić information content (AvgIpc) is 3.13. The summed E-state index contributed by atoms with van der Waals surface area (Å²) in [6, 6.07) is 5.63. The molecule has 0 spiro atoms. The number of nitrogens with zero attached hydrogens (tertiary/aromatic N) is 1. The van der Waals surface area contributed by atoms with E-state index in [1.165, 1.54) is 19.5 Å². The Morgan fingerprint density at radius 3 is 2.74 bits per heavy atom. The molecule has 2 fully saturated rings. The van der Waals surface area contributed by atoms with Crippen molar-refractivity contribution in [3.8, 4) is 5.75 Å². The van der Waals surface area contributed by atoms with Crippen LogP contribution in [0.1, 0.15) is 37.4 Å². The molecule has 1 aliphatic heterocycles. The molecule has 1 heterocycles. The van der Waals surface area contributed by atoms with Crippen LogP contribution in [0.4, 0.5) is 0 Å². The fourth-order valence-corrected chi connectivity index (χ4v) is 2.50. The zero-order valence-corrected chi connectivity index (χ0v) is 11.8. The molecular weight excluding hydrogens is 262 g/mol. The van der Waals surface area contributed by atoms with Crippen LogP contribution < -0.4 is 4.74 Å². The van der Waals surface area contributed by atoms with Gasteiger partial charge in [-0.15, -0.1) is 0 Å². The number of halogens is 1. The molecule has 3 rings (SSSR count). The van der Waals surface area contributed by atoms with Crippen molar-refractivity contribution in [2.45, 2.75) is 37.9 Å². The minimum Gasteiger partial charge on any atom is -0.489 e. The third kappa shape index (κ3) is 3.41. The molecule has 0 bridgehead atoms. The van der Waals surface area contributed by atoms with Gasteiger partial charge in [0, 0.05) is 6.54 Å². The van der Waals surface area contributed by atoms with E-state index in [1.807, 2.05) is 18.2 Å². The molecule has 0 unspecified atom stereocenters. The zero-order chi connectivity index (χ0) is 13.2. The first kappa shape index (κ1) is 13.2. The third-order valence-electron chi connectivity index (χ3n) is 3.83. The molecular formula is C15H20ClNO2. The van der Waals surface area contributed by atoms with Gasteiger partial charge in [0.15, 0.2) is 0 Å². The predicted molar refractivity (Wildman–Crippen MR) is 75.7 cm³/mol. The van der Waals surface area contributed by atoms with Crippen molar-refractivity contribution in [3.05, 3.63) is 28.8 Å². The van der Waals surface area contributed by atoms with Crippen LogP contribution in [0.25, 0.3) is 0 Å². The molecule has 4 heteroatoms. The molecule has 104 valence electrons. The van der Waals surface area contributed by atoms with Gasteiger partial charge in [-0.3, -0.25) is 0 Å². The number of aliphatic hydroxyl groups is 1. The lowest BCUT2D eigenvalue weighted by molar-refractivity contribution is 0.116. The highest BCUT2D eigenvalue weighted by atomic mass is 35.5. The molecule has 19 heavy (non-hydrogen) atoms. The smallest absolute Gasteiger partial charge is 0.138 e. The minimum absolute atomic E-state index is 0.347. The molecule has 2 aliphatic rings. The molecule has 0 radical (unpaired) electrons.